The Kier molecular flexibility index (Phi) is 26.3. The quantitative estimate of drug-likeness (QED) is 0.0510. The third-order valence-corrected chi connectivity index (χ3v) is 5.34. The molecule has 2 aromatic rings. The molecule has 0 fully saturated rings. The Morgan fingerprint density at radius 1 is 0.388 bits per heavy atom. The van der Waals surface area contributed by atoms with Crippen LogP contribution in [0.2, 0.25) is 0 Å². The number of rotatable bonds is 24. The van der Waals surface area contributed by atoms with Gasteiger partial charge in [-0.25, -0.2) is 9.59 Å². The SMILES string of the molecule is O=C(O)c1cc(O)c(O)c(O)c1.O=C(O)c1cc(O)c(O)c(O)c1.OCCOCCOCCOCCOCCOCCOCCOCCO. The van der Waals surface area contributed by atoms with E-state index in [1.165, 1.54) is 0 Å². The zero-order valence-electron chi connectivity index (χ0n) is 26.8. The van der Waals surface area contributed by atoms with E-state index in [1.807, 2.05) is 0 Å². The molecule has 0 spiro atoms. The minimum atomic E-state index is -1.29. The zero-order valence-corrected chi connectivity index (χ0v) is 26.8. The van der Waals surface area contributed by atoms with E-state index in [9.17, 15) is 9.59 Å². The van der Waals surface area contributed by atoms with Crippen LogP contribution in [0, 0.1) is 0 Å². The van der Waals surface area contributed by atoms with Crippen molar-refractivity contribution in [3.63, 3.8) is 0 Å². The van der Waals surface area contributed by atoms with Crippen molar-refractivity contribution in [1.29, 1.82) is 0 Å². The summed E-state index contributed by atoms with van der Waals surface area (Å²) in [6.45, 7) is 6.80. The van der Waals surface area contributed by atoms with Crippen LogP contribution in [0.25, 0.3) is 0 Å². The number of ether oxygens (including phenoxy) is 7. The van der Waals surface area contributed by atoms with Crippen molar-refractivity contribution in [2.24, 2.45) is 0 Å². The summed E-state index contributed by atoms with van der Waals surface area (Å²) < 4.78 is 36.7. The molecular formula is C30H46O19. The highest BCUT2D eigenvalue weighted by Crippen LogP contribution is 2.36. The molecule has 19 nitrogen and oxygen atoms in total. The monoisotopic (exact) mass is 710 g/mol. The van der Waals surface area contributed by atoms with E-state index in [0.29, 0.717) is 92.5 Å². The van der Waals surface area contributed by atoms with E-state index >= 15 is 0 Å². The van der Waals surface area contributed by atoms with Gasteiger partial charge in [0.15, 0.2) is 34.5 Å². The first-order valence-electron chi connectivity index (χ1n) is 14.7. The van der Waals surface area contributed by atoms with E-state index in [2.05, 4.69) is 0 Å². The van der Waals surface area contributed by atoms with Gasteiger partial charge in [-0.2, -0.15) is 0 Å². The number of aromatic hydroxyl groups is 6. The first-order chi connectivity index (χ1) is 23.5. The van der Waals surface area contributed by atoms with Gasteiger partial charge in [-0.3, -0.25) is 0 Å². The Balaban J connectivity index is 0.000000791. The molecule has 0 unspecified atom stereocenters. The molecule has 19 heteroatoms. The van der Waals surface area contributed by atoms with Crippen molar-refractivity contribution in [3.8, 4) is 34.5 Å². The van der Waals surface area contributed by atoms with Gasteiger partial charge in [0.25, 0.3) is 0 Å². The lowest BCUT2D eigenvalue weighted by molar-refractivity contribution is -0.0223. The van der Waals surface area contributed by atoms with E-state index < -0.39 is 46.4 Å². The molecule has 0 saturated carbocycles. The van der Waals surface area contributed by atoms with Crippen LogP contribution in [0.1, 0.15) is 20.7 Å². The van der Waals surface area contributed by atoms with Gasteiger partial charge in [-0.1, -0.05) is 0 Å². The second-order valence-electron chi connectivity index (χ2n) is 9.07. The largest absolute Gasteiger partial charge is 0.504 e. The Hall–Kier alpha value is -4.18. The molecule has 2 rings (SSSR count). The van der Waals surface area contributed by atoms with Crippen molar-refractivity contribution < 1.29 is 93.8 Å². The van der Waals surface area contributed by atoms with Crippen LogP contribution < -0.4 is 0 Å². The summed E-state index contributed by atoms with van der Waals surface area (Å²) in [5.74, 6) is -6.67. The van der Waals surface area contributed by atoms with Crippen molar-refractivity contribution in [1.82, 2.24) is 0 Å². The van der Waals surface area contributed by atoms with Gasteiger partial charge >= 0.3 is 11.9 Å². The maximum atomic E-state index is 10.3. The second kappa shape index (κ2) is 28.8. The number of carboxylic acids is 2. The number of hydrogen-bond donors (Lipinski definition) is 10. The number of hydrogen-bond acceptors (Lipinski definition) is 17. The summed E-state index contributed by atoms with van der Waals surface area (Å²) in [6.07, 6.45) is 0. The van der Waals surface area contributed by atoms with Gasteiger partial charge in [0, 0.05) is 0 Å². The average molecular weight is 711 g/mol. The van der Waals surface area contributed by atoms with Crippen molar-refractivity contribution in [2.45, 2.75) is 0 Å². The highest BCUT2D eigenvalue weighted by atomic mass is 16.6. The maximum absolute atomic E-state index is 10.3. The normalized spacial score (nSPS) is 10.5. The van der Waals surface area contributed by atoms with Gasteiger partial charge in [0.2, 0.25) is 0 Å². The van der Waals surface area contributed by atoms with Gasteiger partial charge in [-0.05, 0) is 24.3 Å². The summed E-state index contributed by atoms with van der Waals surface area (Å²) in [7, 11) is 0. The fourth-order valence-electron chi connectivity index (χ4n) is 3.01. The lowest BCUT2D eigenvalue weighted by Gasteiger charge is -2.08. The van der Waals surface area contributed by atoms with Crippen LogP contribution >= 0.6 is 0 Å². The van der Waals surface area contributed by atoms with E-state index in [4.69, 9.17) is 84.2 Å². The van der Waals surface area contributed by atoms with Crippen LogP contribution in [-0.2, 0) is 33.2 Å². The van der Waals surface area contributed by atoms with Crippen LogP contribution in [0.4, 0.5) is 0 Å². The molecule has 0 heterocycles. The number of carbonyl (C=O) groups is 2. The highest BCUT2D eigenvalue weighted by molar-refractivity contribution is 5.89. The molecule has 0 amide bonds. The summed E-state index contributed by atoms with van der Waals surface area (Å²) in [4.78, 5) is 20.6. The molecule has 0 aliphatic carbocycles. The van der Waals surface area contributed by atoms with Crippen molar-refractivity contribution in [2.75, 3.05) is 106 Å². The minimum absolute atomic E-state index is 0.0312. The topological polar surface area (TPSA) is 301 Å². The molecule has 10 N–H and O–H groups in total. The minimum Gasteiger partial charge on any atom is -0.504 e. The van der Waals surface area contributed by atoms with E-state index in [1.54, 1.807) is 0 Å². The Morgan fingerprint density at radius 3 is 0.735 bits per heavy atom. The molecule has 49 heavy (non-hydrogen) atoms. The molecular weight excluding hydrogens is 664 g/mol. The zero-order chi connectivity index (χ0) is 36.9. The van der Waals surface area contributed by atoms with Crippen LogP contribution in [0.3, 0.4) is 0 Å². The van der Waals surface area contributed by atoms with Crippen LogP contribution in [0.5, 0.6) is 34.5 Å². The lowest BCUT2D eigenvalue weighted by atomic mass is 10.2. The molecule has 2 aromatic carbocycles. The number of phenols is 6. The maximum Gasteiger partial charge on any atom is 0.335 e. The Morgan fingerprint density at radius 2 is 0.571 bits per heavy atom. The van der Waals surface area contributed by atoms with Crippen molar-refractivity contribution >= 4 is 11.9 Å². The molecule has 0 atom stereocenters. The molecule has 0 radical (unpaired) electrons. The Labute approximate surface area is 281 Å². The number of benzene rings is 2. The molecule has 280 valence electrons. The third kappa shape index (κ3) is 22.9. The second-order valence-corrected chi connectivity index (χ2v) is 9.07. The number of carboxylic acid groups (broad SMARTS) is 2. The predicted molar refractivity (Wildman–Crippen MR) is 167 cm³/mol. The molecule has 0 bridgehead atoms. The number of aliphatic hydroxyl groups excluding tert-OH is 2. The first-order valence-corrected chi connectivity index (χ1v) is 14.7. The molecule has 0 aliphatic heterocycles. The summed E-state index contributed by atoms with van der Waals surface area (Å²) in [5, 5.41) is 86.9. The van der Waals surface area contributed by atoms with Crippen molar-refractivity contribution in [3.05, 3.63) is 35.4 Å². The first kappa shape index (κ1) is 44.8. The predicted octanol–water partition coefficient (Wildman–Crippen LogP) is 0.0904. The smallest absolute Gasteiger partial charge is 0.335 e. The third-order valence-electron chi connectivity index (χ3n) is 5.34. The number of aromatic carboxylic acids is 2. The van der Waals surface area contributed by atoms with Gasteiger partial charge in [-0.15, -0.1) is 0 Å². The van der Waals surface area contributed by atoms with Crippen LogP contribution in [0.15, 0.2) is 24.3 Å². The van der Waals surface area contributed by atoms with E-state index in [0.717, 1.165) is 24.3 Å². The van der Waals surface area contributed by atoms with Gasteiger partial charge in [0.1, 0.15) is 0 Å². The lowest BCUT2D eigenvalue weighted by Crippen LogP contribution is -2.14. The fraction of sp³-hybridized carbons (Fsp3) is 0.533. The molecule has 0 aliphatic rings. The van der Waals surface area contributed by atoms with E-state index in [-0.39, 0.29) is 24.3 Å². The van der Waals surface area contributed by atoms with Crippen LogP contribution in [-0.4, -0.2) is 169 Å². The summed E-state index contributed by atoms with van der Waals surface area (Å²) in [6, 6.07) is 3.38. The fourth-order valence-corrected chi connectivity index (χ4v) is 3.01. The summed E-state index contributed by atoms with van der Waals surface area (Å²) in [5.41, 5.74) is -0.578. The summed E-state index contributed by atoms with van der Waals surface area (Å²) >= 11 is 0. The standard InChI is InChI=1S/C16H34O9.2C7H6O5/c17-1-3-19-5-7-21-9-11-23-13-15-25-16-14-24-12-10-22-8-6-20-4-2-18;2*8-4-1-3(7(11)12)2-5(9)6(4)10/h17-18H,1-16H2;2*1-2,8-10H,(H,11,12). The number of aliphatic hydroxyl groups is 2. The average Bonchev–Trinajstić information content (AvgIpc) is 3.06. The molecule has 0 aromatic heterocycles. The highest BCUT2D eigenvalue weighted by Gasteiger charge is 2.12. The number of phenolic OH excluding ortho intramolecular Hbond substituents is 6. The van der Waals surface area contributed by atoms with Gasteiger partial charge in [0.05, 0.1) is 117 Å². The van der Waals surface area contributed by atoms with Gasteiger partial charge < -0.3 is 84.2 Å². The molecule has 0 saturated heterocycles. The Bertz CT molecular complexity index is 1040.